The minimum absolute atomic E-state index is 0.0152. The Balaban J connectivity index is 2.29. The molecule has 6 heteroatoms. The Morgan fingerprint density at radius 2 is 1.80 bits per heavy atom. The van der Waals surface area contributed by atoms with Crippen molar-refractivity contribution in [1.82, 2.24) is 5.43 Å². The molecule has 4 nitrogen and oxygen atoms in total. The van der Waals surface area contributed by atoms with E-state index in [0.29, 0.717) is 5.69 Å². The molecule has 1 N–H and O–H groups in total. The van der Waals surface area contributed by atoms with Crippen molar-refractivity contribution in [2.45, 2.75) is 32.9 Å². The molecule has 0 aliphatic rings. The molecule has 2 aromatic rings. The average Bonchev–Trinajstić information content (AvgIpc) is 2.59. The minimum Gasteiger partial charge on any atom is -0.464 e. The summed E-state index contributed by atoms with van der Waals surface area (Å²) in [5.74, 6) is -2.24. The molecule has 134 valence electrons. The van der Waals surface area contributed by atoms with E-state index in [0.717, 1.165) is 6.07 Å². The standard InChI is InChI=1S/C19H22F2N2O2/c1-4-25-18(24)19(2,3)23(15-10-6-5-7-11-15)22-13-14-9-8-12-16(20)17(14)21/h5-12,22H,4,13H2,1-3H3. The quantitative estimate of drug-likeness (QED) is 0.610. The summed E-state index contributed by atoms with van der Waals surface area (Å²) in [4.78, 5) is 12.4. The Kier molecular flexibility index (Phi) is 6.09. The van der Waals surface area contributed by atoms with Crippen molar-refractivity contribution in [3.8, 4) is 0 Å². The van der Waals surface area contributed by atoms with Crippen LogP contribution in [-0.4, -0.2) is 18.1 Å². The molecule has 0 saturated heterocycles. The van der Waals surface area contributed by atoms with Crippen LogP contribution in [0, 0.1) is 11.6 Å². The van der Waals surface area contributed by atoms with Crippen LogP contribution in [0.1, 0.15) is 26.3 Å². The van der Waals surface area contributed by atoms with Gasteiger partial charge in [0.1, 0.15) is 5.54 Å². The number of hydrogen-bond donors (Lipinski definition) is 1. The number of para-hydroxylation sites is 1. The predicted molar refractivity (Wildman–Crippen MR) is 92.8 cm³/mol. The smallest absolute Gasteiger partial charge is 0.332 e. The molecule has 0 aromatic heterocycles. The second-order valence-corrected chi connectivity index (χ2v) is 6.00. The molecule has 25 heavy (non-hydrogen) atoms. The van der Waals surface area contributed by atoms with E-state index in [1.165, 1.54) is 12.1 Å². The first kappa shape index (κ1) is 18.9. The van der Waals surface area contributed by atoms with Crippen LogP contribution in [0.4, 0.5) is 14.5 Å². The number of esters is 1. The third-order valence-electron chi connectivity index (χ3n) is 3.81. The molecule has 0 heterocycles. The summed E-state index contributed by atoms with van der Waals surface area (Å²) in [6, 6.07) is 13.1. The van der Waals surface area contributed by atoms with Crippen LogP contribution in [0.25, 0.3) is 0 Å². The van der Waals surface area contributed by atoms with Crippen molar-refractivity contribution in [3.05, 3.63) is 65.7 Å². The lowest BCUT2D eigenvalue weighted by molar-refractivity contribution is -0.148. The summed E-state index contributed by atoms with van der Waals surface area (Å²) >= 11 is 0. The third-order valence-corrected chi connectivity index (χ3v) is 3.81. The highest BCUT2D eigenvalue weighted by atomic mass is 19.2. The van der Waals surface area contributed by atoms with Gasteiger partial charge in [-0.25, -0.2) is 19.0 Å². The number of rotatable bonds is 7. The van der Waals surface area contributed by atoms with E-state index < -0.39 is 23.1 Å². The van der Waals surface area contributed by atoms with E-state index in [1.807, 2.05) is 30.3 Å². The van der Waals surface area contributed by atoms with Crippen LogP contribution in [0.5, 0.6) is 0 Å². The number of hydrogen-bond acceptors (Lipinski definition) is 4. The zero-order valence-electron chi connectivity index (χ0n) is 14.6. The van der Waals surface area contributed by atoms with E-state index in [2.05, 4.69) is 5.43 Å². The van der Waals surface area contributed by atoms with Gasteiger partial charge in [-0.3, -0.25) is 5.01 Å². The first-order valence-electron chi connectivity index (χ1n) is 8.06. The normalized spacial score (nSPS) is 11.2. The molecule has 0 saturated carbocycles. The van der Waals surface area contributed by atoms with Gasteiger partial charge in [-0.1, -0.05) is 30.3 Å². The van der Waals surface area contributed by atoms with Crippen molar-refractivity contribution < 1.29 is 18.3 Å². The Morgan fingerprint density at radius 3 is 2.44 bits per heavy atom. The Hall–Kier alpha value is -2.47. The topological polar surface area (TPSA) is 41.6 Å². The monoisotopic (exact) mass is 348 g/mol. The molecule has 2 aromatic carbocycles. The van der Waals surface area contributed by atoms with Crippen LogP contribution in [-0.2, 0) is 16.1 Å². The number of ether oxygens (including phenoxy) is 1. The molecular weight excluding hydrogens is 326 g/mol. The lowest BCUT2D eigenvalue weighted by Crippen LogP contribution is -2.57. The third kappa shape index (κ3) is 4.33. The summed E-state index contributed by atoms with van der Waals surface area (Å²) < 4.78 is 32.5. The van der Waals surface area contributed by atoms with Gasteiger partial charge in [0.05, 0.1) is 12.3 Å². The van der Waals surface area contributed by atoms with Gasteiger partial charge in [0.25, 0.3) is 0 Å². The lowest BCUT2D eigenvalue weighted by Gasteiger charge is -2.38. The van der Waals surface area contributed by atoms with Crippen molar-refractivity contribution in [2.75, 3.05) is 11.6 Å². The minimum atomic E-state index is -1.05. The van der Waals surface area contributed by atoms with E-state index in [9.17, 15) is 13.6 Å². The number of nitrogens with one attached hydrogen (secondary N) is 1. The number of hydrazine groups is 1. The Labute approximate surface area is 146 Å². The van der Waals surface area contributed by atoms with E-state index in [1.54, 1.807) is 25.8 Å². The van der Waals surface area contributed by atoms with Gasteiger partial charge in [0.2, 0.25) is 0 Å². The predicted octanol–water partition coefficient (Wildman–Crippen LogP) is 3.82. The molecule has 0 radical (unpaired) electrons. The van der Waals surface area contributed by atoms with Crippen molar-refractivity contribution >= 4 is 11.7 Å². The second-order valence-electron chi connectivity index (χ2n) is 6.00. The number of carbonyl (C=O) groups excluding carboxylic acids is 1. The molecule has 0 bridgehead atoms. The molecule has 0 fully saturated rings. The molecule has 0 atom stereocenters. The van der Waals surface area contributed by atoms with Crippen LogP contribution in [0.3, 0.4) is 0 Å². The zero-order chi connectivity index (χ0) is 18.4. The highest BCUT2D eigenvalue weighted by molar-refractivity contribution is 5.84. The van der Waals surface area contributed by atoms with E-state index in [4.69, 9.17) is 4.74 Å². The fourth-order valence-corrected chi connectivity index (χ4v) is 2.44. The summed E-state index contributed by atoms with van der Waals surface area (Å²) in [5, 5.41) is 1.61. The maximum absolute atomic E-state index is 13.9. The highest BCUT2D eigenvalue weighted by Gasteiger charge is 2.36. The van der Waals surface area contributed by atoms with Crippen molar-refractivity contribution in [2.24, 2.45) is 0 Å². The summed E-state index contributed by atoms with van der Waals surface area (Å²) in [6.45, 7) is 5.40. The molecule has 2 rings (SSSR count). The summed E-state index contributed by atoms with van der Waals surface area (Å²) in [7, 11) is 0. The number of nitrogens with zero attached hydrogens (tertiary/aromatic N) is 1. The largest absolute Gasteiger partial charge is 0.464 e. The molecule has 0 aliphatic heterocycles. The molecule has 0 spiro atoms. The zero-order valence-corrected chi connectivity index (χ0v) is 14.6. The SMILES string of the molecule is CCOC(=O)C(C)(C)N(NCc1cccc(F)c1F)c1ccccc1. The van der Waals surface area contributed by atoms with Gasteiger partial charge in [-0.05, 0) is 39.0 Å². The maximum atomic E-state index is 13.9. The molecular formula is C19H22F2N2O2. The number of halogens is 2. The number of benzene rings is 2. The average molecular weight is 348 g/mol. The van der Waals surface area contributed by atoms with Crippen LogP contribution in [0.2, 0.25) is 0 Å². The van der Waals surface area contributed by atoms with Gasteiger partial charge < -0.3 is 4.74 Å². The molecule has 0 amide bonds. The van der Waals surface area contributed by atoms with Crippen molar-refractivity contribution in [3.63, 3.8) is 0 Å². The fraction of sp³-hybridized carbons (Fsp3) is 0.316. The first-order chi connectivity index (χ1) is 11.9. The van der Waals surface area contributed by atoms with E-state index >= 15 is 0 Å². The van der Waals surface area contributed by atoms with Crippen LogP contribution >= 0.6 is 0 Å². The van der Waals surface area contributed by atoms with Gasteiger partial charge in [0.15, 0.2) is 11.6 Å². The molecule has 0 aliphatic carbocycles. The van der Waals surface area contributed by atoms with Crippen LogP contribution in [0.15, 0.2) is 48.5 Å². The maximum Gasteiger partial charge on any atom is 0.332 e. The Bertz CT molecular complexity index is 721. The second kappa shape index (κ2) is 8.07. The summed E-state index contributed by atoms with van der Waals surface area (Å²) in [6.07, 6.45) is 0. The fourth-order valence-electron chi connectivity index (χ4n) is 2.44. The van der Waals surface area contributed by atoms with Crippen molar-refractivity contribution in [1.29, 1.82) is 0 Å². The van der Waals surface area contributed by atoms with E-state index in [-0.39, 0.29) is 18.7 Å². The van der Waals surface area contributed by atoms with Gasteiger partial charge in [0, 0.05) is 12.1 Å². The molecule has 0 unspecified atom stereocenters. The van der Waals surface area contributed by atoms with Crippen LogP contribution < -0.4 is 10.4 Å². The number of carbonyl (C=O) groups is 1. The van der Waals surface area contributed by atoms with Gasteiger partial charge in [-0.2, -0.15) is 0 Å². The number of anilines is 1. The Morgan fingerprint density at radius 1 is 1.12 bits per heavy atom. The van der Waals surface area contributed by atoms with Gasteiger partial charge >= 0.3 is 5.97 Å². The summed E-state index contributed by atoms with van der Waals surface area (Å²) in [5.41, 5.74) is 2.84. The first-order valence-corrected chi connectivity index (χ1v) is 8.06. The van der Waals surface area contributed by atoms with Gasteiger partial charge in [-0.15, -0.1) is 0 Å². The highest BCUT2D eigenvalue weighted by Crippen LogP contribution is 2.24. The lowest BCUT2D eigenvalue weighted by atomic mass is 10.0.